The molecule has 78 valence electrons. The highest BCUT2D eigenvalue weighted by molar-refractivity contribution is 6.48. The Morgan fingerprint density at radius 3 is 2.00 bits per heavy atom. The first-order valence-electron chi connectivity index (χ1n) is 5.34. The minimum Gasteiger partial charge on any atom is -0.400 e. The van der Waals surface area contributed by atoms with Gasteiger partial charge < -0.3 is 8.85 Å². The van der Waals surface area contributed by atoms with E-state index >= 15 is 0 Å². The molecular weight excluding hydrogens is 180 g/mol. The van der Waals surface area contributed by atoms with Crippen molar-refractivity contribution in [1.29, 1.82) is 0 Å². The largest absolute Gasteiger partial charge is 0.400 e. The van der Waals surface area contributed by atoms with Gasteiger partial charge in [-0.1, -0.05) is 26.2 Å². The maximum atomic E-state index is 5.55. The number of hydrogen-bond donors (Lipinski definition) is 0. The lowest BCUT2D eigenvalue weighted by Gasteiger charge is -2.39. The van der Waals surface area contributed by atoms with Crippen molar-refractivity contribution in [1.82, 2.24) is 0 Å². The molecule has 1 rings (SSSR count). The molecule has 0 aromatic rings. The molecule has 0 spiro atoms. The van der Waals surface area contributed by atoms with E-state index in [1.54, 1.807) is 0 Å². The fourth-order valence-corrected chi connectivity index (χ4v) is 5.01. The van der Waals surface area contributed by atoms with Gasteiger partial charge in [0.25, 0.3) is 0 Å². The lowest BCUT2D eigenvalue weighted by molar-refractivity contribution is 0.207. The van der Waals surface area contributed by atoms with Crippen LogP contribution in [0.5, 0.6) is 0 Å². The molecule has 0 N–H and O–H groups in total. The van der Waals surface area contributed by atoms with Crippen LogP contribution in [0.1, 0.15) is 45.4 Å². The van der Waals surface area contributed by atoms with Gasteiger partial charge in [0.2, 0.25) is 0 Å². The van der Waals surface area contributed by atoms with Gasteiger partial charge in [0, 0.05) is 19.3 Å². The zero-order valence-electron chi connectivity index (χ0n) is 9.14. The summed E-state index contributed by atoms with van der Waals surface area (Å²) >= 11 is 0. The highest BCUT2D eigenvalue weighted by Gasteiger charge is 2.41. The monoisotopic (exact) mass is 202 g/mol. The summed E-state index contributed by atoms with van der Waals surface area (Å²) in [5, 5.41) is 0.432. The molecule has 3 heteroatoms. The maximum Gasteiger partial charge on any atom is 0.327 e. The zero-order valence-corrected chi connectivity index (χ0v) is 10.3. The van der Waals surface area contributed by atoms with E-state index in [0.717, 1.165) is 0 Å². The van der Waals surface area contributed by atoms with E-state index in [4.69, 9.17) is 8.85 Å². The summed E-state index contributed by atoms with van der Waals surface area (Å²) in [4.78, 5) is 0. The van der Waals surface area contributed by atoms with Crippen LogP contribution in [0.3, 0.4) is 0 Å². The van der Waals surface area contributed by atoms with Crippen molar-refractivity contribution in [2.45, 2.75) is 50.5 Å². The molecule has 0 unspecified atom stereocenters. The minimum atomic E-state index is -1.41. The van der Waals surface area contributed by atoms with E-state index in [9.17, 15) is 0 Å². The molecule has 0 aromatic heterocycles. The summed E-state index contributed by atoms with van der Waals surface area (Å²) in [5.41, 5.74) is 0. The molecule has 1 fully saturated rings. The van der Waals surface area contributed by atoms with Crippen LogP contribution in [0, 0.1) is 0 Å². The molecule has 1 saturated carbocycles. The van der Waals surface area contributed by atoms with Gasteiger partial charge in [-0.3, -0.25) is 0 Å². The topological polar surface area (TPSA) is 18.5 Å². The third kappa shape index (κ3) is 2.33. The molecule has 1 aliphatic carbocycles. The molecule has 0 radical (unpaired) electrons. The molecule has 0 heterocycles. The predicted octanol–water partition coefficient (Wildman–Crippen LogP) is 2.61. The van der Waals surface area contributed by atoms with Gasteiger partial charge in [0.1, 0.15) is 0 Å². The van der Waals surface area contributed by atoms with Gasteiger partial charge in [0.05, 0.1) is 0 Å². The Hall–Kier alpha value is 0.137. The van der Waals surface area contributed by atoms with E-state index < -0.39 is 9.28 Å². The van der Waals surface area contributed by atoms with Crippen molar-refractivity contribution in [3.05, 3.63) is 0 Å². The Morgan fingerprint density at radius 1 is 1.08 bits per heavy atom. The summed E-state index contributed by atoms with van der Waals surface area (Å²) < 4.78 is 11.1. The lowest BCUT2D eigenvalue weighted by atomic mass is 9.86. The van der Waals surface area contributed by atoms with Crippen LogP contribution in [0.2, 0.25) is 5.04 Å². The van der Waals surface area contributed by atoms with E-state index in [2.05, 4.69) is 6.92 Å². The fourth-order valence-electron chi connectivity index (χ4n) is 2.61. The van der Waals surface area contributed by atoms with Crippen molar-refractivity contribution in [2.75, 3.05) is 14.2 Å². The second-order valence-electron chi connectivity index (χ2n) is 4.08. The van der Waals surface area contributed by atoms with Crippen LogP contribution in [-0.4, -0.2) is 23.5 Å². The third-order valence-corrected chi connectivity index (χ3v) is 6.32. The van der Waals surface area contributed by atoms with Crippen LogP contribution in [0.25, 0.3) is 0 Å². The van der Waals surface area contributed by atoms with E-state index in [0.29, 0.717) is 5.04 Å². The van der Waals surface area contributed by atoms with Crippen molar-refractivity contribution in [3.8, 4) is 0 Å². The molecule has 0 amide bonds. The molecule has 13 heavy (non-hydrogen) atoms. The Kier molecular flexibility index (Phi) is 4.42. The van der Waals surface area contributed by atoms with Gasteiger partial charge in [-0.25, -0.2) is 0 Å². The Labute approximate surface area is 83.5 Å². The number of rotatable bonds is 4. The van der Waals surface area contributed by atoms with Crippen molar-refractivity contribution < 1.29 is 8.85 Å². The van der Waals surface area contributed by atoms with Crippen LogP contribution in [0.4, 0.5) is 0 Å². The fraction of sp³-hybridized carbons (Fsp3) is 1.00. The maximum absolute atomic E-state index is 5.55. The molecule has 0 aliphatic heterocycles. The van der Waals surface area contributed by atoms with E-state index in [-0.39, 0.29) is 0 Å². The average Bonchev–Trinajstić information content (AvgIpc) is 2.21. The molecule has 0 bridgehead atoms. The van der Waals surface area contributed by atoms with Crippen molar-refractivity contribution in [2.24, 2.45) is 0 Å². The molecule has 1 aliphatic rings. The first-order chi connectivity index (χ1) is 6.29. The molecule has 2 nitrogen and oxygen atoms in total. The van der Waals surface area contributed by atoms with Crippen molar-refractivity contribution in [3.63, 3.8) is 0 Å². The van der Waals surface area contributed by atoms with Crippen LogP contribution >= 0.6 is 0 Å². The smallest absolute Gasteiger partial charge is 0.327 e. The first-order valence-corrected chi connectivity index (χ1v) is 6.86. The first kappa shape index (κ1) is 11.2. The van der Waals surface area contributed by atoms with E-state index in [1.807, 2.05) is 14.2 Å². The minimum absolute atomic E-state index is 0.432. The summed E-state index contributed by atoms with van der Waals surface area (Å²) in [6.45, 7) is 2.28. The Morgan fingerprint density at radius 2 is 1.62 bits per heavy atom. The normalized spacial score (nSPS) is 22.2. The summed E-state index contributed by atoms with van der Waals surface area (Å²) in [5.74, 6) is 0. The van der Waals surface area contributed by atoms with Gasteiger partial charge in [-0.15, -0.1) is 0 Å². The van der Waals surface area contributed by atoms with Crippen LogP contribution in [0.15, 0.2) is 0 Å². The molecule has 0 aromatic carbocycles. The van der Waals surface area contributed by atoms with Gasteiger partial charge in [0.15, 0.2) is 0 Å². The Bertz CT molecular complexity index is 140. The SMILES string of the molecule is CCC1([SiH](OC)OC)CCCCC1. The van der Waals surface area contributed by atoms with Crippen molar-refractivity contribution >= 4 is 9.28 Å². The second kappa shape index (κ2) is 5.13. The highest BCUT2D eigenvalue weighted by Crippen LogP contribution is 2.48. The number of hydrogen-bond acceptors (Lipinski definition) is 2. The quantitative estimate of drug-likeness (QED) is 0.652. The standard InChI is InChI=1S/C10H22O2Si/c1-4-10(13(11-2)12-3)8-6-5-7-9-10/h13H,4-9H2,1-3H3. The Balaban J connectivity index is 2.64. The highest BCUT2D eigenvalue weighted by atomic mass is 28.3. The van der Waals surface area contributed by atoms with Crippen LogP contribution in [-0.2, 0) is 8.85 Å². The van der Waals surface area contributed by atoms with Crippen LogP contribution < -0.4 is 0 Å². The zero-order chi connectivity index (χ0) is 9.73. The van der Waals surface area contributed by atoms with Gasteiger partial charge >= 0.3 is 9.28 Å². The molecule has 0 saturated heterocycles. The summed E-state index contributed by atoms with van der Waals surface area (Å²) in [6, 6.07) is 0. The summed E-state index contributed by atoms with van der Waals surface area (Å²) in [6.07, 6.45) is 8.00. The third-order valence-electron chi connectivity index (χ3n) is 3.48. The predicted molar refractivity (Wildman–Crippen MR) is 57.2 cm³/mol. The molecule has 0 atom stereocenters. The second-order valence-corrected chi connectivity index (χ2v) is 6.91. The van der Waals surface area contributed by atoms with Gasteiger partial charge in [-0.2, -0.15) is 0 Å². The molecular formula is C10H22O2Si. The van der Waals surface area contributed by atoms with Gasteiger partial charge in [-0.05, 0) is 19.3 Å². The lowest BCUT2D eigenvalue weighted by Crippen LogP contribution is -2.38. The van der Waals surface area contributed by atoms with E-state index in [1.165, 1.54) is 38.5 Å². The summed E-state index contributed by atoms with van der Waals surface area (Å²) in [7, 11) is 2.21. The average molecular weight is 202 g/mol.